The van der Waals surface area contributed by atoms with Crippen LogP contribution in [0.2, 0.25) is 10.0 Å². The second kappa shape index (κ2) is 6.71. The number of halogens is 3. The summed E-state index contributed by atoms with van der Waals surface area (Å²) < 4.78 is 0. The molecule has 2 rings (SSSR count). The van der Waals surface area contributed by atoms with Crippen molar-refractivity contribution in [2.24, 2.45) is 0 Å². The lowest BCUT2D eigenvalue weighted by Gasteiger charge is -2.28. The summed E-state index contributed by atoms with van der Waals surface area (Å²) in [5.41, 5.74) is 3.16. The molecular formula is C16H16Cl3N. The summed E-state index contributed by atoms with van der Waals surface area (Å²) in [6.45, 7) is 2.13. The van der Waals surface area contributed by atoms with Crippen molar-refractivity contribution in [2.45, 2.75) is 18.8 Å². The fraction of sp³-hybridized carbons (Fsp3) is 0.250. The molecule has 0 saturated heterocycles. The fourth-order valence-corrected chi connectivity index (χ4v) is 2.82. The first-order valence-corrected chi connectivity index (χ1v) is 7.64. The Kier molecular flexibility index (Phi) is 5.20. The van der Waals surface area contributed by atoms with E-state index in [4.69, 9.17) is 34.8 Å². The molecule has 0 spiro atoms. The monoisotopic (exact) mass is 327 g/mol. The zero-order chi connectivity index (χ0) is 14.7. The van der Waals surface area contributed by atoms with Gasteiger partial charge in [-0.3, -0.25) is 0 Å². The lowest BCUT2D eigenvalue weighted by Crippen LogP contribution is -2.21. The van der Waals surface area contributed by atoms with E-state index in [1.165, 1.54) is 0 Å². The topological polar surface area (TPSA) is 3.24 Å². The average Bonchev–Trinajstić information content (AvgIpc) is 2.45. The molecule has 0 bridgehead atoms. The first-order chi connectivity index (χ1) is 9.52. The van der Waals surface area contributed by atoms with E-state index in [2.05, 4.69) is 17.9 Å². The minimum absolute atomic E-state index is 0.201. The van der Waals surface area contributed by atoms with Gasteiger partial charge in [0.25, 0.3) is 0 Å². The Balaban J connectivity index is 2.26. The number of alkyl halides is 1. The van der Waals surface area contributed by atoms with E-state index < -0.39 is 0 Å². The highest BCUT2D eigenvalue weighted by Gasteiger charge is 2.13. The molecule has 0 radical (unpaired) electrons. The van der Waals surface area contributed by atoms with Gasteiger partial charge < -0.3 is 4.90 Å². The number of hydrogen-bond acceptors (Lipinski definition) is 1. The molecule has 0 aromatic heterocycles. The SMILES string of the molecule is CC(c1cccc(Cl)c1)N(C)c1ccc(CCl)c(Cl)c1. The van der Waals surface area contributed by atoms with Gasteiger partial charge in [0.05, 0.1) is 6.04 Å². The molecule has 0 heterocycles. The molecule has 1 atom stereocenters. The van der Waals surface area contributed by atoms with Crippen LogP contribution in [0.3, 0.4) is 0 Å². The van der Waals surface area contributed by atoms with E-state index in [9.17, 15) is 0 Å². The van der Waals surface area contributed by atoms with E-state index in [-0.39, 0.29) is 6.04 Å². The summed E-state index contributed by atoms with van der Waals surface area (Å²) >= 11 is 18.1. The largest absolute Gasteiger partial charge is 0.368 e. The van der Waals surface area contributed by atoms with Gasteiger partial charge in [0.1, 0.15) is 0 Å². The Bertz CT molecular complexity index is 598. The van der Waals surface area contributed by atoms with Crippen LogP contribution in [0.1, 0.15) is 24.1 Å². The number of hydrogen-bond donors (Lipinski definition) is 0. The van der Waals surface area contributed by atoms with Crippen LogP contribution < -0.4 is 4.90 Å². The van der Waals surface area contributed by atoms with Crippen LogP contribution in [-0.4, -0.2) is 7.05 Å². The predicted octanol–water partition coefficient (Wildman–Crippen LogP) is 5.93. The normalized spacial score (nSPS) is 12.2. The molecule has 2 aromatic carbocycles. The Labute approximate surface area is 135 Å². The molecule has 106 valence electrons. The van der Waals surface area contributed by atoms with Crippen LogP contribution in [0, 0.1) is 0 Å². The molecule has 0 fully saturated rings. The van der Waals surface area contributed by atoms with Gasteiger partial charge in [-0.25, -0.2) is 0 Å². The summed E-state index contributed by atoms with van der Waals surface area (Å²) in [6.07, 6.45) is 0. The van der Waals surface area contributed by atoms with Crippen molar-refractivity contribution < 1.29 is 0 Å². The van der Waals surface area contributed by atoms with Crippen LogP contribution in [0.15, 0.2) is 42.5 Å². The highest BCUT2D eigenvalue weighted by Crippen LogP contribution is 2.30. The lowest BCUT2D eigenvalue weighted by atomic mass is 10.1. The molecule has 0 aliphatic carbocycles. The van der Waals surface area contributed by atoms with Crippen molar-refractivity contribution in [3.8, 4) is 0 Å². The van der Waals surface area contributed by atoms with E-state index in [1.54, 1.807) is 0 Å². The van der Waals surface area contributed by atoms with Crippen molar-refractivity contribution in [1.82, 2.24) is 0 Å². The van der Waals surface area contributed by atoms with Crippen LogP contribution in [-0.2, 0) is 5.88 Å². The van der Waals surface area contributed by atoms with Crippen LogP contribution in [0.4, 0.5) is 5.69 Å². The molecule has 0 N–H and O–H groups in total. The Morgan fingerprint density at radius 2 is 1.85 bits per heavy atom. The average molecular weight is 329 g/mol. The second-order valence-corrected chi connectivity index (χ2v) is 5.86. The third-order valence-electron chi connectivity index (χ3n) is 3.50. The highest BCUT2D eigenvalue weighted by atomic mass is 35.5. The third kappa shape index (κ3) is 3.41. The van der Waals surface area contributed by atoms with Gasteiger partial charge in [0.2, 0.25) is 0 Å². The zero-order valence-electron chi connectivity index (χ0n) is 11.4. The molecule has 0 aliphatic rings. The van der Waals surface area contributed by atoms with Crippen molar-refractivity contribution in [1.29, 1.82) is 0 Å². The first kappa shape index (κ1) is 15.5. The summed E-state index contributed by atoms with van der Waals surface area (Å²) in [7, 11) is 2.04. The third-order valence-corrected chi connectivity index (χ3v) is 4.37. The molecule has 4 heteroatoms. The van der Waals surface area contributed by atoms with Gasteiger partial charge in [-0.15, -0.1) is 11.6 Å². The smallest absolute Gasteiger partial charge is 0.0511 e. The summed E-state index contributed by atoms with van der Waals surface area (Å²) in [4.78, 5) is 2.16. The van der Waals surface area contributed by atoms with Crippen molar-refractivity contribution in [2.75, 3.05) is 11.9 Å². The van der Waals surface area contributed by atoms with E-state index >= 15 is 0 Å². The Hall–Kier alpha value is -0.890. The van der Waals surface area contributed by atoms with Gasteiger partial charge in [0.15, 0.2) is 0 Å². The minimum Gasteiger partial charge on any atom is -0.368 e. The summed E-state index contributed by atoms with van der Waals surface area (Å²) in [6, 6.07) is 14.0. The first-order valence-electron chi connectivity index (χ1n) is 6.35. The molecule has 0 amide bonds. The van der Waals surface area contributed by atoms with Crippen LogP contribution in [0.25, 0.3) is 0 Å². The summed E-state index contributed by atoms with van der Waals surface area (Å²) in [5.74, 6) is 0.423. The molecule has 1 unspecified atom stereocenters. The maximum absolute atomic E-state index is 6.22. The predicted molar refractivity (Wildman–Crippen MR) is 89.3 cm³/mol. The van der Waals surface area contributed by atoms with Crippen molar-refractivity contribution in [3.63, 3.8) is 0 Å². The molecule has 20 heavy (non-hydrogen) atoms. The van der Waals surface area contributed by atoms with Gasteiger partial charge in [-0.05, 0) is 42.3 Å². The molecular weight excluding hydrogens is 313 g/mol. The van der Waals surface area contributed by atoms with Crippen molar-refractivity contribution >= 4 is 40.5 Å². The quantitative estimate of drug-likeness (QED) is 0.629. The van der Waals surface area contributed by atoms with E-state index in [1.807, 2.05) is 43.4 Å². The van der Waals surface area contributed by atoms with Gasteiger partial charge in [-0.1, -0.05) is 41.4 Å². The number of anilines is 1. The molecule has 2 aromatic rings. The maximum Gasteiger partial charge on any atom is 0.0511 e. The fourth-order valence-electron chi connectivity index (χ4n) is 2.08. The van der Waals surface area contributed by atoms with Crippen molar-refractivity contribution in [3.05, 3.63) is 63.6 Å². The highest BCUT2D eigenvalue weighted by molar-refractivity contribution is 6.32. The van der Waals surface area contributed by atoms with Gasteiger partial charge in [-0.2, -0.15) is 0 Å². The second-order valence-electron chi connectivity index (χ2n) is 4.75. The summed E-state index contributed by atoms with van der Waals surface area (Å²) in [5, 5.41) is 1.45. The van der Waals surface area contributed by atoms with Gasteiger partial charge in [0, 0.05) is 28.7 Å². The molecule has 0 saturated carbocycles. The Morgan fingerprint density at radius 1 is 1.10 bits per heavy atom. The van der Waals surface area contributed by atoms with E-state index in [0.717, 1.165) is 21.8 Å². The van der Waals surface area contributed by atoms with E-state index in [0.29, 0.717) is 10.9 Å². The number of nitrogens with zero attached hydrogens (tertiary/aromatic N) is 1. The molecule has 0 aliphatic heterocycles. The van der Waals surface area contributed by atoms with Gasteiger partial charge >= 0.3 is 0 Å². The number of rotatable bonds is 4. The maximum atomic E-state index is 6.22. The Morgan fingerprint density at radius 3 is 2.45 bits per heavy atom. The number of benzene rings is 2. The minimum atomic E-state index is 0.201. The van der Waals surface area contributed by atoms with Crippen LogP contribution in [0.5, 0.6) is 0 Å². The molecule has 1 nitrogen and oxygen atoms in total. The standard InChI is InChI=1S/C16H16Cl3N/c1-11(12-4-3-5-14(18)8-12)20(2)15-7-6-13(10-17)16(19)9-15/h3-9,11H,10H2,1-2H3. The zero-order valence-corrected chi connectivity index (χ0v) is 13.7. The lowest BCUT2D eigenvalue weighted by molar-refractivity contribution is 0.740. The van der Waals surface area contributed by atoms with Crippen LogP contribution >= 0.6 is 34.8 Å².